The number of aromatic amines is 2. The summed E-state index contributed by atoms with van der Waals surface area (Å²) >= 11 is 5.67. The summed E-state index contributed by atoms with van der Waals surface area (Å²) in [5.74, 6) is 2.38. The Morgan fingerprint density at radius 2 is 1.31 bits per heavy atom. The van der Waals surface area contributed by atoms with E-state index in [0.717, 1.165) is 91.9 Å². The second-order valence-electron chi connectivity index (χ2n) is 11.4. The molecule has 4 heterocycles. The number of ether oxygens (including phenoxy) is 2. The molecule has 1 saturated heterocycles. The fourth-order valence-electron chi connectivity index (χ4n) is 6.12. The van der Waals surface area contributed by atoms with E-state index >= 15 is 0 Å². The molecule has 2 aromatic heterocycles. The maximum atomic E-state index is 9.15. The van der Waals surface area contributed by atoms with Crippen LogP contribution in [0.1, 0.15) is 35.1 Å². The lowest BCUT2D eigenvalue weighted by atomic mass is 10.1. The van der Waals surface area contributed by atoms with Gasteiger partial charge in [-0.1, -0.05) is 0 Å². The molecule has 0 radical (unpaired) electrons. The molecule has 45 heavy (non-hydrogen) atoms. The Morgan fingerprint density at radius 3 is 1.91 bits per heavy atom. The maximum Gasteiger partial charge on any atom is 0.163 e. The minimum Gasteiger partial charge on any atom is -0.486 e. The summed E-state index contributed by atoms with van der Waals surface area (Å²) in [7, 11) is 0. The van der Waals surface area contributed by atoms with Crippen LogP contribution in [0.5, 0.6) is 11.5 Å². The van der Waals surface area contributed by atoms with Crippen LogP contribution in [0.15, 0.2) is 67.0 Å². The van der Waals surface area contributed by atoms with Crippen molar-refractivity contribution in [1.29, 1.82) is 10.5 Å². The SMILES string of the molecule is N#Cc1ccc2[nH]cc(CCCCl)c2c1.N#Cc1ccc2[nH]cc(CCCN3CCN(c4ccc5c(c4)OCCO5)CC3)c2c1. The zero-order chi connectivity index (χ0) is 31.0. The summed E-state index contributed by atoms with van der Waals surface area (Å²) in [6, 6.07) is 22.2. The Kier molecular flexibility index (Phi) is 9.75. The van der Waals surface area contributed by atoms with E-state index in [1.165, 1.54) is 22.2 Å². The number of hydrogen-bond acceptors (Lipinski definition) is 6. The highest BCUT2D eigenvalue weighted by atomic mass is 35.5. The topological polar surface area (TPSA) is 104 Å². The third-order valence-corrected chi connectivity index (χ3v) is 8.82. The lowest BCUT2D eigenvalue weighted by Gasteiger charge is -2.36. The normalized spacial score (nSPS) is 14.5. The summed E-state index contributed by atoms with van der Waals surface area (Å²) in [4.78, 5) is 11.5. The molecule has 0 bridgehead atoms. The minimum absolute atomic E-state index is 0.623. The fourth-order valence-corrected chi connectivity index (χ4v) is 6.25. The first-order valence-electron chi connectivity index (χ1n) is 15.6. The van der Waals surface area contributed by atoms with Crippen LogP contribution in [0.3, 0.4) is 0 Å². The van der Waals surface area contributed by atoms with E-state index in [-0.39, 0.29) is 0 Å². The molecule has 2 aliphatic heterocycles. The highest BCUT2D eigenvalue weighted by Crippen LogP contribution is 2.34. The Hall–Kier alpha value is -4.63. The molecule has 230 valence electrons. The standard InChI is InChI=1S/C24H26N4O2.C12H11ClN2/c25-16-18-3-5-22-21(14-18)19(17-26-22)2-1-7-27-8-10-28(11-9-27)20-4-6-23-24(15-20)30-13-12-29-23;13-5-1-2-10-8-15-12-4-3-9(7-14)6-11(10)12/h3-6,14-15,17,26H,1-2,7-13H2;3-4,6,8,15H,1-2,5H2. The molecule has 0 spiro atoms. The van der Waals surface area contributed by atoms with Gasteiger partial charge in [-0.3, -0.25) is 4.90 Å². The Bertz CT molecular complexity index is 1840. The number of benzene rings is 3. The van der Waals surface area contributed by atoms with Crippen LogP contribution in [-0.4, -0.2) is 66.7 Å². The molecule has 0 unspecified atom stereocenters. The number of fused-ring (bicyclic) bond motifs is 3. The average Bonchev–Trinajstić information content (AvgIpc) is 3.70. The Balaban J connectivity index is 0.000000200. The number of alkyl halides is 1. The van der Waals surface area contributed by atoms with Crippen molar-refractivity contribution in [1.82, 2.24) is 14.9 Å². The number of H-pyrrole nitrogens is 2. The van der Waals surface area contributed by atoms with Gasteiger partial charge < -0.3 is 24.3 Å². The molecular weight excluding hydrogens is 584 g/mol. The van der Waals surface area contributed by atoms with Crippen molar-refractivity contribution in [2.45, 2.75) is 25.7 Å². The van der Waals surface area contributed by atoms with Crippen molar-refractivity contribution in [3.8, 4) is 23.6 Å². The molecule has 2 aliphatic rings. The molecule has 1 fully saturated rings. The number of halogens is 1. The quantitative estimate of drug-likeness (QED) is 0.185. The molecule has 9 heteroatoms. The number of nitrogens with zero attached hydrogens (tertiary/aromatic N) is 4. The smallest absolute Gasteiger partial charge is 0.163 e. The van der Waals surface area contributed by atoms with Crippen LogP contribution in [0.2, 0.25) is 0 Å². The van der Waals surface area contributed by atoms with E-state index in [4.69, 9.17) is 31.6 Å². The fraction of sp³-hybridized carbons (Fsp3) is 0.333. The van der Waals surface area contributed by atoms with Crippen molar-refractivity contribution in [3.05, 3.63) is 89.2 Å². The van der Waals surface area contributed by atoms with E-state index < -0.39 is 0 Å². The van der Waals surface area contributed by atoms with Crippen molar-refractivity contribution >= 4 is 39.1 Å². The van der Waals surface area contributed by atoms with Gasteiger partial charge in [0.15, 0.2) is 11.5 Å². The average molecular weight is 621 g/mol. The van der Waals surface area contributed by atoms with Crippen LogP contribution < -0.4 is 14.4 Å². The molecule has 0 amide bonds. The molecule has 5 aromatic rings. The number of nitriles is 2. The number of nitrogens with one attached hydrogen (secondary N) is 2. The van der Waals surface area contributed by atoms with E-state index in [1.807, 2.05) is 48.7 Å². The molecule has 0 saturated carbocycles. The van der Waals surface area contributed by atoms with Gasteiger partial charge >= 0.3 is 0 Å². The molecule has 7 rings (SSSR count). The summed E-state index contributed by atoms with van der Waals surface area (Å²) in [5.41, 5.74) is 7.37. The number of hydrogen-bond donors (Lipinski definition) is 2. The molecular formula is C36H37ClN6O2. The number of anilines is 1. The number of rotatable bonds is 8. The first-order valence-corrected chi connectivity index (χ1v) is 16.1. The van der Waals surface area contributed by atoms with Gasteiger partial charge in [-0.15, -0.1) is 11.6 Å². The first-order chi connectivity index (χ1) is 22.1. The van der Waals surface area contributed by atoms with Gasteiger partial charge in [-0.2, -0.15) is 10.5 Å². The van der Waals surface area contributed by atoms with E-state index in [9.17, 15) is 0 Å². The zero-order valence-electron chi connectivity index (χ0n) is 25.3. The molecule has 8 nitrogen and oxygen atoms in total. The third kappa shape index (κ3) is 7.20. The second kappa shape index (κ2) is 14.4. The Morgan fingerprint density at radius 1 is 0.711 bits per heavy atom. The van der Waals surface area contributed by atoms with Gasteiger partial charge in [0, 0.05) is 78.0 Å². The number of piperazine rings is 1. The van der Waals surface area contributed by atoms with Crippen molar-refractivity contribution in [3.63, 3.8) is 0 Å². The minimum atomic E-state index is 0.623. The predicted molar refractivity (Wildman–Crippen MR) is 179 cm³/mol. The van der Waals surface area contributed by atoms with Gasteiger partial charge in [-0.05, 0) is 91.9 Å². The molecule has 2 N–H and O–H groups in total. The van der Waals surface area contributed by atoms with Gasteiger partial charge in [0.25, 0.3) is 0 Å². The molecule has 0 atom stereocenters. The third-order valence-electron chi connectivity index (χ3n) is 8.56. The number of aromatic nitrogens is 2. The maximum absolute atomic E-state index is 9.15. The predicted octanol–water partition coefficient (Wildman–Crippen LogP) is 6.78. The van der Waals surface area contributed by atoms with Gasteiger partial charge in [-0.25, -0.2) is 0 Å². The van der Waals surface area contributed by atoms with Crippen LogP contribution >= 0.6 is 11.6 Å². The van der Waals surface area contributed by atoms with E-state index in [0.29, 0.717) is 24.7 Å². The van der Waals surface area contributed by atoms with Gasteiger partial charge in [0.2, 0.25) is 0 Å². The van der Waals surface area contributed by atoms with Crippen LogP contribution in [0.4, 0.5) is 5.69 Å². The number of aryl methyl sites for hydroxylation is 2. The summed E-state index contributed by atoms with van der Waals surface area (Å²) < 4.78 is 11.4. The van der Waals surface area contributed by atoms with Crippen molar-refractivity contribution in [2.24, 2.45) is 0 Å². The summed E-state index contributed by atoms with van der Waals surface area (Å²) in [6.07, 6.45) is 8.15. The molecule has 0 aliphatic carbocycles. The largest absolute Gasteiger partial charge is 0.486 e. The highest BCUT2D eigenvalue weighted by molar-refractivity contribution is 6.17. The summed E-state index contributed by atoms with van der Waals surface area (Å²) in [6.45, 7) is 6.54. The van der Waals surface area contributed by atoms with Crippen LogP contribution in [0, 0.1) is 22.7 Å². The van der Waals surface area contributed by atoms with E-state index in [2.05, 4.69) is 50.2 Å². The highest BCUT2D eigenvalue weighted by Gasteiger charge is 2.20. The first kappa shape index (κ1) is 30.4. The zero-order valence-corrected chi connectivity index (χ0v) is 26.1. The lowest BCUT2D eigenvalue weighted by Crippen LogP contribution is -2.46. The van der Waals surface area contributed by atoms with Crippen molar-refractivity contribution < 1.29 is 9.47 Å². The Labute approximate surface area is 268 Å². The van der Waals surface area contributed by atoms with Crippen LogP contribution in [0.25, 0.3) is 21.8 Å². The van der Waals surface area contributed by atoms with Crippen LogP contribution in [-0.2, 0) is 12.8 Å². The van der Waals surface area contributed by atoms with Gasteiger partial charge in [0.1, 0.15) is 13.2 Å². The van der Waals surface area contributed by atoms with E-state index in [1.54, 1.807) is 0 Å². The summed E-state index contributed by atoms with van der Waals surface area (Å²) in [5, 5.41) is 20.3. The second-order valence-corrected chi connectivity index (χ2v) is 11.8. The molecule has 3 aromatic carbocycles. The van der Waals surface area contributed by atoms with Crippen molar-refractivity contribution in [2.75, 3.05) is 56.7 Å². The van der Waals surface area contributed by atoms with Gasteiger partial charge in [0.05, 0.1) is 23.3 Å². The lowest BCUT2D eigenvalue weighted by molar-refractivity contribution is 0.171. The monoisotopic (exact) mass is 620 g/mol.